The minimum Gasteiger partial charge on any atom is -0.451 e. The van der Waals surface area contributed by atoms with E-state index in [1.807, 2.05) is 0 Å². The number of rotatable bonds is 1. The van der Waals surface area contributed by atoms with Gasteiger partial charge in [0.15, 0.2) is 12.4 Å². The van der Waals surface area contributed by atoms with Crippen LogP contribution in [0.5, 0.6) is 0 Å². The van der Waals surface area contributed by atoms with Crippen LogP contribution in [-0.4, -0.2) is 18.4 Å². The topological polar surface area (TPSA) is 43.4 Å². The standard InChI is InChI=1S/C10H7ClO3/c11-7-2-1-6-3-8(5-12)14-10(13)9(6)4-7/h1-2,4-5,8H,3H2. The van der Waals surface area contributed by atoms with E-state index in [1.165, 1.54) is 0 Å². The number of hydrogen-bond acceptors (Lipinski definition) is 3. The lowest BCUT2D eigenvalue weighted by molar-refractivity contribution is -0.115. The molecule has 0 amide bonds. The van der Waals surface area contributed by atoms with Gasteiger partial charge in [-0.25, -0.2) is 4.79 Å². The van der Waals surface area contributed by atoms with Crippen LogP contribution in [-0.2, 0) is 16.0 Å². The molecule has 0 saturated heterocycles. The molecule has 0 fully saturated rings. The number of carbonyl (C=O) groups is 2. The molecule has 2 rings (SSSR count). The van der Waals surface area contributed by atoms with Crippen LogP contribution in [0.1, 0.15) is 15.9 Å². The summed E-state index contributed by atoms with van der Waals surface area (Å²) in [5.74, 6) is -0.481. The molecule has 72 valence electrons. The Morgan fingerprint density at radius 3 is 3.00 bits per heavy atom. The number of ether oxygens (including phenoxy) is 1. The summed E-state index contributed by atoms with van der Waals surface area (Å²) >= 11 is 5.73. The molecule has 3 nitrogen and oxygen atoms in total. The van der Waals surface area contributed by atoms with Crippen molar-refractivity contribution in [1.29, 1.82) is 0 Å². The molecule has 0 N–H and O–H groups in total. The fourth-order valence-corrected chi connectivity index (χ4v) is 1.62. The maximum atomic E-state index is 11.4. The van der Waals surface area contributed by atoms with Crippen molar-refractivity contribution in [1.82, 2.24) is 0 Å². The lowest BCUT2D eigenvalue weighted by Gasteiger charge is -2.20. The van der Waals surface area contributed by atoms with Crippen LogP contribution in [0.4, 0.5) is 0 Å². The Morgan fingerprint density at radius 2 is 2.29 bits per heavy atom. The van der Waals surface area contributed by atoms with Crippen LogP contribution in [0, 0.1) is 0 Å². The maximum Gasteiger partial charge on any atom is 0.339 e. The van der Waals surface area contributed by atoms with Crippen molar-refractivity contribution in [3.05, 3.63) is 34.3 Å². The molecule has 1 heterocycles. The lowest BCUT2D eigenvalue weighted by atomic mass is 9.99. The highest BCUT2D eigenvalue weighted by molar-refractivity contribution is 6.31. The molecule has 0 spiro atoms. The van der Waals surface area contributed by atoms with Crippen LogP contribution in [0.2, 0.25) is 5.02 Å². The van der Waals surface area contributed by atoms with Gasteiger partial charge in [0.25, 0.3) is 0 Å². The summed E-state index contributed by atoms with van der Waals surface area (Å²) in [4.78, 5) is 21.8. The number of carbonyl (C=O) groups excluding carboxylic acids is 2. The van der Waals surface area contributed by atoms with Crippen molar-refractivity contribution in [2.24, 2.45) is 0 Å². The van der Waals surface area contributed by atoms with Gasteiger partial charge in [0, 0.05) is 11.4 Å². The number of benzene rings is 1. The Morgan fingerprint density at radius 1 is 1.50 bits per heavy atom. The highest BCUT2D eigenvalue weighted by atomic mass is 35.5. The SMILES string of the molecule is O=CC1Cc2ccc(Cl)cc2C(=O)O1. The van der Waals surface area contributed by atoms with Crippen LogP contribution in [0.15, 0.2) is 18.2 Å². The second-order valence-electron chi connectivity index (χ2n) is 3.09. The van der Waals surface area contributed by atoms with Crippen LogP contribution in [0.3, 0.4) is 0 Å². The van der Waals surface area contributed by atoms with Gasteiger partial charge in [0.1, 0.15) is 0 Å². The average Bonchev–Trinajstić information content (AvgIpc) is 2.19. The van der Waals surface area contributed by atoms with Gasteiger partial charge in [0.05, 0.1) is 5.56 Å². The van der Waals surface area contributed by atoms with E-state index < -0.39 is 12.1 Å². The number of cyclic esters (lactones) is 1. The van der Waals surface area contributed by atoms with Gasteiger partial charge in [-0.1, -0.05) is 17.7 Å². The third-order valence-electron chi connectivity index (χ3n) is 2.12. The number of esters is 1. The molecule has 0 aromatic heterocycles. The number of hydrogen-bond donors (Lipinski definition) is 0. The van der Waals surface area contributed by atoms with Crippen LogP contribution >= 0.6 is 11.6 Å². The van der Waals surface area contributed by atoms with E-state index in [2.05, 4.69) is 0 Å². The van der Waals surface area contributed by atoms with Crippen molar-refractivity contribution >= 4 is 23.9 Å². The minimum absolute atomic E-state index is 0.432. The second-order valence-corrected chi connectivity index (χ2v) is 3.52. The van der Waals surface area contributed by atoms with E-state index >= 15 is 0 Å². The summed E-state index contributed by atoms with van der Waals surface area (Å²) in [7, 11) is 0. The smallest absolute Gasteiger partial charge is 0.339 e. The molecule has 1 unspecified atom stereocenters. The molecule has 0 saturated carbocycles. The predicted molar refractivity (Wildman–Crippen MR) is 50.4 cm³/mol. The zero-order valence-corrected chi connectivity index (χ0v) is 7.95. The molecular formula is C10H7ClO3. The van der Waals surface area contributed by atoms with E-state index in [1.54, 1.807) is 18.2 Å². The lowest BCUT2D eigenvalue weighted by Crippen LogP contribution is -2.28. The molecule has 1 aromatic carbocycles. The van der Waals surface area contributed by atoms with Crippen LogP contribution < -0.4 is 0 Å². The van der Waals surface area contributed by atoms with Crippen LogP contribution in [0.25, 0.3) is 0 Å². The summed E-state index contributed by atoms with van der Waals surface area (Å²) in [5.41, 5.74) is 1.26. The monoisotopic (exact) mass is 210 g/mol. The summed E-state index contributed by atoms with van der Waals surface area (Å²) in [5, 5.41) is 0.491. The minimum atomic E-state index is -0.656. The first-order valence-electron chi connectivity index (χ1n) is 4.15. The van der Waals surface area contributed by atoms with Gasteiger partial charge in [-0.3, -0.25) is 4.79 Å². The first-order valence-corrected chi connectivity index (χ1v) is 4.53. The fourth-order valence-electron chi connectivity index (χ4n) is 1.45. The molecule has 0 bridgehead atoms. The molecule has 1 aliphatic heterocycles. The first kappa shape index (κ1) is 9.21. The Balaban J connectivity index is 2.44. The number of fused-ring (bicyclic) bond motifs is 1. The van der Waals surface area contributed by atoms with E-state index in [9.17, 15) is 9.59 Å². The van der Waals surface area contributed by atoms with Gasteiger partial charge >= 0.3 is 5.97 Å². The maximum absolute atomic E-state index is 11.4. The average molecular weight is 211 g/mol. The summed E-state index contributed by atoms with van der Waals surface area (Å²) in [6.07, 6.45) is 0.410. The summed E-state index contributed by atoms with van der Waals surface area (Å²) < 4.78 is 4.85. The Kier molecular flexibility index (Phi) is 2.25. The third-order valence-corrected chi connectivity index (χ3v) is 2.36. The Labute approximate surface area is 85.6 Å². The van der Waals surface area contributed by atoms with Gasteiger partial charge < -0.3 is 4.74 Å². The highest BCUT2D eigenvalue weighted by Crippen LogP contribution is 2.23. The van der Waals surface area contributed by atoms with Crippen molar-refractivity contribution in [2.45, 2.75) is 12.5 Å². The summed E-state index contributed by atoms with van der Waals surface area (Å²) in [6, 6.07) is 5.00. The largest absolute Gasteiger partial charge is 0.451 e. The van der Waals surface area contributed by atoms with E-state index in [-0.39, 0.29) is 0 Å². The van der Waals surface area contributed by atoms with Crippen molar-refractivity contribution in [3.8, 4) is 0 Å². The Hall–Kier alpha value is -1.35. The molecule has 1 atom stereocenters. The van der Waals surface area contributed by atoms with Crippen molar-refractivity contribution in [2.75, 3.05) is 0 Å². The summed E-state index contributed by atoms with van der Waals surface area (Å²) in [6.45, 7) is 0. The molecular weight excluding hydrogens is 204 g/mol. The van der Waals surface area contributed by atoms with Gasteiger partial charge in [-0.15, -0.1) is 0 Å². The van der Waals surface area contributed by atoms with Gasteiger partial charge in [-0.05, 0) is 17.7 Å². The molecule has 0 radical (unpaired) electrons. The zero-order valence-electron chi connectivity index (χ0n) is 7.20. The zero-order chi connectivity index (χ0) is 10.1. The molecule has 14 heavy (non-hydrogen) atoms. The number of halogens is 1. The fraction of sp³-hybridized carbons (Fsp3) is 0.200. The van der Waals surface area contributed by atoms with E-state index in [0.717, 1.165) is 5.56 Å². The van der Waals surface area contributed by atoms with Gasteiger partial charge in [-0.2, -0.15) is 0 Å². The molecule has 4 heteroatoms. The van der Waals surface area contributed by atoms with E-state index in [4.69, 9.17) is 16.3 Å². The molecule has 1 aromatic rings. The molecule has 1 aliphatic rings. The van der Waals surface area contributed by atoms with Gasteiger partial charge in [0.2, 0.25) is 0 Å². The predicted octanol–water partition coefficient (Wildman–Crippen LogP) is 1.62. The van der Waals surface area contributed by atoms with Crippen molar-refractivity contribution < 1.29 is 14.3 Å². The second kappa shape index (κ2) is 3.42. The highest BCUT2D eigenvalue weighted by Gasteiger charge is 2.25. The third kappa shape index (κ3) is 1.51. The Bertz CT molecular complexity index is 400. The van der Waals surface area contributed by atoms with E-state index in [0.29, 0.717) is 23.3 Å². The number of aldehydes is 1. The van der Waals surface area contributed by atoms with Crippen molar-refractivity contribution in [3.63, 3.8) is 0 Å². The normalized spacial score (nSPS) is 19.8. The molecule has 0 aliphatic carbocycles. The quantitative estimate of drug-likeness (QED) is 0.523. The first-order chi connectivity index (χ1) is 6.70.